The van der Waals surface area contributed by atoms with Gasteiger partial charge in [0.1, 0.15) is 0 Å². The minimum absolute atomic E-state index is 0.0232. The van der Waals surface area contributed by atoms with Crippen LogP contribution in [-0.2, 0) is 6.54 Å². The van der Waals surface area contributed by atoms with Gasteiger partial charge in [-0.05, 0) is 47.0 Å². The average Bonchev–Trinajstić information content (AvgIpc) is 2.91. The molecule has 1 N–H and O–H groups in total. The lowest BCUT2D eigenvalue weighted by atomic mass is 10.1. The van der Waals surface area contributed by atoms with E-state index in [1.165, 1.54) is 0 Å². The van der Waals surface area contributed by atoms with E-state index in [9.17, 15) is 4.79 Å². The van der Waals surface area contributed by atoms with E-state index in [0.29, 0.717) is 6.54 Å². The molecule has 0 aliphatic carbocycles. The van der Waals surface area contributed by atoms with E-state index in [2.05, 4.69) is 26.6 Å². The Kier molecular flexibility index (Phi) is 5.20. The summed E-state index contributed by atoms with van der Waals surface area (Å²) >= 11 is 5.09. The molecule has 0 saturated heterocycles. The monoisotopic (exact) mass is 352 g/mol. The zero-order chi connectivity index (χ0) is 14.5. The molecule has 0 saturated carbocycles. The fourth-order valence-electron chi connectivity index (χ4n) is 1.88. The third-order valence-electron chi connectivity index (χ3n) is 3.04. The van der Waals surface area contributed by atoms with Gasteiger partial charge in [-0.25, -0.2) is 4.79 Å². The molecule has 1 aromatic heterocycles. The lowest BCUT2D eigenvalue weighted by Crippen LogP contribution is -2.38. The number of nitrogens with one attached hydrogen (secondary N) is 1. The Hall–Kier alpha value is -1.33. The number of carbonyl (C=O) groups excluding carboxylic acids is 1. The minimum atomic E-state index is -0.0660. The number of benzene rings is 1. The summed E-state index contributed by atoms with van der Waals surface area (Å²) in [5.74, 6) is 0. The highest BCUT2D eigenvalue weighted by atomic mass is 79.9. The number of nitrogens with zero attached hydrogens (tertiary/aromatic N) is 1. The van der Waals surface area contributed by atoms with E-state index < -0.39 is 0 Å². The molecule has 2 aromatic rings. The van der Waals surface area contributed by atoms with Crippen LogP contribution in [0.3, 0.4) is 0 Å². The van der Waals surface area contributed by atoms with Crippen molar-refractivity contribution < 1.29 is 4.79 Å². The van der Waals surface area contributed by atoms with Crippen LogP contribution in [0.15, 0.2) is 45.6 Å². The Morgan fingerprint density at radius 2 is 2.25 bits per heavy atom. The molecule has 2 amide bonds. The first-order valence-corrected chi connectivity index (χ1v) is 8.08. The maximum Gasteiger partial charge on any atom is 0.317 e. The van der Waals surface area contributed by atoms with Crippen molar-refractivity contribution in [3.05, 3.63) is 56.7 Å². The highest BCUT2D eigenvalue weighted by Crippen LogP contribution is 2.18. The molecule has 2 rings (SSSR count). The van der Waals surface area contributed by atoms with Crippen LogP contribution < -0.4 is 5.32 Å². The second-order valence-electron chi connectivity index (χ2n) is 4.71. The number of hydrogen-bond acceptors (Lipinski definition) is 2. The van der Waals surface area contributed by atoms with Gasteiger partial charge >= 0.3 is 6.03 Å². The van der Waals surface area contributed by atoms with Gasteiger partial charge in [-0.1, -0.05) is 28.1 Å². The van der Waals surface area contributed by atoms with E-state index in [-0.39, 0.29) is 12.1 Å². The quantitative estimate of drug-likeness (QED) is 0.867. The Bertz CT molecular complexity index is 571. The van der Waals surface area contributed by atoms with Gasteiger partial charge in [0.15, 0.2) is 0 Å². The molecule has 0 bridgehead atoms. The summed E-state index contributed by atoms with van der Waals surface area (Å²) in [6.07, 6.45) is 0. The van der Waals surface area contributed by atoms with Gasteiger partial charge in [0.2, 0.25) is 0 Å². The molecular weight excluding hydrogens is 336 g/mol. The topological polar surface area (TPSA) is 32.3 Å². The largest absolute Gasteiger partial charge is 0.331 e. The lowest BCUT2D eigenvalue weighted by Gasteiger charge is -2.21. The van der Waals surface area contributed by atoms with Crippen molar-refractivity contribution in [3.63, 3.8) is 0 Å². The SMILES string of the molecule is C[C@@H](NC(=O)N(C)Cc1ccsc1)c1cccc(Br)c1. The highest BCUT2D eigenvalue weighted by molar-refractivity contribution is 9.10. The molecule has 20 heavy (non-hydrogen) atoms. The zero-order valence-electron chi connectivity index (χ0n) is 11.5. The molecule has 0 aliphatic rings. The van der Waals surface area contributed by atoms with Crippen molar-refractivity contribution in [2.45, 2.75) is 19.5 Å². The van der Waals surface area contributed by atoms with Crippen molar-refractivity contribution in [1.82, 2.24) is 10.2 Å². The maximum absolute atomic E-state index is 12.1. The first-order chi connectivity index (χ1) is 9.56. The van der Waals surface area contributed by atoms with Crippen molar-refractivity contribution >= 4 is 33.3 Å². The summed E-state index contributed by atoms with van der Waals surface area (Å²) in [5, 5.41) is 7.08. The molecule has 1 heterocycles. The molecule has 0 fully saturated rings. The third-order valence-corrected chi connectivity index (χ3v) is 4.26. The molecule has 1 aromatic carbocycles. The molecule has 0 spiro atoms. The van der Waals surface area contributed by atoms with Crippen molar-refractivity contribution in [3.8, 4) is 0 Å². The van der Waals surface area contributed by atoms with Gasteiger partial charge in [-0.15, -0.1) is 0 Å². The van der Waals surface area contributed by atoms with E-state index in [4.69, 9.17) is 0 Å². The fourth-order valence-corrected chi connectivity index (χ4v) is 2.96. The van der Waals surface area contributed by atoms with E-state index in [1.54, 1.807) is 23.3 Å². The Morgan fingerprint density at radius 3 is 2.90 bits per heavy atom. The number of carbonyl (C=O) groups is 1. The molecule has 0 aliphatic heterocycles. The smallest absolute Gasteiger partial charge is 0.317 e. The molecular formula is C15H17BrN2OS. The van der Waals surface area contributed by atoms with Crippen LogP contribution in [0.2, 0.25) is 0 Å². The number of thiophene rings is 1. The Balaban J connectivity index is 1.93. The van der Waals surface area contributed by atoms with Crippen LogP contribution >= 0.6 is 27.3 Å². The molecule has 0 unspecified atom stereocenters. The summed E-state index contributed by atoms with van der Waals surface area (Å²) in [5.41, 5.74) is 2.24. The standard InChI is InChI=1S/C15H17BrN2OS/c1-11(13-4-3-5-14(16)8-13)17-15(19)18(2)9-12-6-7-20-10-12/h3-8,10-11H,9H2,1-2H3,(H,17,19)/t11-/m1/s1. The van der Waals surface area contributed by atoms with Crippen molar-refractivity contribution in [2.24, 2.45) is 0 Å². The summed E-state index contributed by atoms with van der Waals surface area (Å²) < 4.78 is 1.02. The lowest BCUT2D eigenvalue weighted by molar-refractivity contribution is 0.203. The Labute approximate surface area is 131 Å². The van der Waals surface area contributed by atoms with Crippen LogP contribution in [-0.4, -0.2) is 18.0 Å². The number of urea groups is 1. The molecule has 5 heteroatoms. The van der Waals surface area contributed by atoms with Gasteiger partial charge < -0.3 is 10.2 Å². The summed E-state index contributed by atoms with van der Waals surface area (Å²) in [4.78, 5) is 13.8. The normalized spacial score (nSPS) is 11.9. The summed E-state index contributed by atoms with van der Waals surface area (Å²) in [6.45, 7) is 2.61. The fraction of sp³-hybridized carbons (Fsp3) is 0.267. The van der Waals surface area contributed by atoms with Gasteiger partial charge in [0, 0.05) is 18.1 Å². The van der Waals surface area contributed by atoms with Crippen molar-refractivity contribution in [1.29, 1.82) is 0 Å². The molecule has 106 valence electrons. The molecule has 0 radical (unpaired) electrons. The number of amides is 2. The first-order valence-electron chi connectivity index (χ1n) is 6.34. The zero-order valence-corrected chi connectivity index (χ0v) is 13.9. The van der Waals surface area contributed by atoms with Gasteiger partial charge in [-0.3, -0.25) is 0 Å². The van der Waals surface area contributed by atoms with Crippen LogP contribution in [0.5, 0.6) is 0 Å². The van der Waals surface area contributed by atoms with Crippen LogP contribution in [0.1, 0.15) is 24.1 Å². The minimum Gasteiger partial charge on any atom is -0.331 e. The van der Waals surface area contributed by atoms with E-state index in [0.717, 1.165) is 15.6 Å². The second-order valence-corrected chi connectivity index (χ2v) is 6.41. The average molecular weight is 353 g/mol. The van der Waals surface area contributed by atoms with Gasteiger partial charge in [0.25, 0.3) is 0 Å². The first kappa shape index (κ1) is 15.1. The summed E-state index contributed by atoms with van der Waals surface area (Å²) in [6, 6.07) is 9.91. The van der Waals surface area contributed by atoms with Crippen LogP contribution in [0.4, 0.5) is 4.79 Å². The number of halogens is 1. The highest BCUT2D eigenvalue weighted by Gasteiger charge is 2.13. The van der Waals surface area contributed by atoms with Gasteiger partial charge in [-0.2, -0.15) is 11.3 Å². The Morgan fingerprint density at radius 1 is 1.45 bits per heavy atom. The molecule has 3 nitrogen and oxygen atoms in total. The van der Waals surface area contributed by atoms with Crippen LogP contribution in [0.25, 0.3) is 0 Å². The number of rotatable bonds is 4. The summed E-state index contributed by atoms with van der Waals surface area (Å²) in [7, 11) is 1.81. The third kappa shape index (κ3) is 4.08. The van der Waals surface area contributed by atoms with E-state index >= 15 is 0 Å². The molecule has 1 atom stereocenters. The van der Waals surface area contributed by atoms with E-state index in [1.807, 2.05) is 42.6 Å². The van der Waals surface area contributed by atoms with Crippen molar-refractivity contribution in [2.75, 3.05) is 7.05 Å². The second kappa shape index (κ2) is 6.90. The maximum atomic E-state index is 12.1. The predicted octanol–water partition coefficient (Wildman–Crippen LogP) is 4.41. The van der Waals surface area contributed by atoms with Gasteiger partial charge in [0.05, 0.1) is 6.04 Å². The number of hydrogen-bond donors (Lipinski definition) is 1. The predicted molar refractivity (Wildman–Crippen MR) is 86.9 cm³/mol. The van der Waals surface area contributed by atoms with Crippen LogP contribution in [0, 0.1) is 0 Å².